The Morgan fingerprint density at radius 3 is 0.953 bits per heavy atom. The second-order valence-electron chi connectivity index (χ2n) is 9.28. The molecule has 6 aromatic rings. The van der Waals surface area contributed by atoms with E-state index < -0.39 is 0 Å². The molecule has 6 rings (SSSR count). The van der Waals surface area contributed by atoms with Crippen molar-refractivity contribution in [3.05, 3.63) is 162 Å². The number of rotatable bonds is 3. The number of hydrogen-bond acceptors (Lipinski definition) is 3. The molecule has 0 aliphatic rings. The zero-order valence-corrected chi connectivity index (χ0v) is 26.1. The number of pyridine rings is 3. The molecule has 0 aliphatic carbocycles. The summed E-state index contributed by atoms with van der Waals surface area (Å²) in [7, 11) is 0. The van der Waals surface area contributed by atoms with Crippen LogP contribution in [0.15, 0.2) is 110 Å². The van der Waals surface area contributed by atoms with E-state index in [0.29, 0.717) is 16.7 Å². The number of aromatic nitrogens is 3. The molecule has 43 heavy (non-hydrogen) atoms. The van der Waals surface area contributed by atoms with Crippen molar-refractivity contribution < 1.29 is 33.3 Å². The van der Waals surface area contributed by atoms with Crippen LogP contribution in [0.3, 0.4) is 0 Å². The summed E-state index contributed by atoms with van der Waals surface area (Å²) < 4.78 is 38.9. The molecule has 7 heteroatoms. The molecule has 0 saturated heterocycles. The first-order chi connectivity index (χ1) is 20.3. The molecule has 0 bridgehead atoms. The Kier molecular flexibility index (Phi) is 12.5. The molecule has 0 saturated carbocycles. The third kappa shape index (κ3) is 9.53. The second-order valence-corrected chi connectivity index (χ2v) is 9.28. The van der Waals surface area contributed by atoms with E-state index in [-0.39, 0.29) is 37.6 Å². The molecule has 216 valence electrons. The van der Waals surface area contributed by atoms with Crippen LogP contribution in [0, 0.1) is 56.4 Å². The van der Waals surface area contributed by atoms with Crippen molar-refractivity contribution in [2.24, 2.45) is 0 Å². The van der Waals surface area contributed by atoms with Gasteiger partial charge in [0.25, 0.3) is 0 Å². The zero-order chi connectivity index (χ0) is 29.9. The minimum atomic E-state index is -0.232. The van der Waals surface area contributed by atoms with Gasteiger partial charge in [-0.25, -0.2) is 0 Å². The molecule has 0 radical (unpaired) electrons. The van der Waals surface area contributed by atoms with Crippen LogP contribution in [-0.2, 0) is 20.1 Å². The topological polar surface area (TPSA) is 38.7 Å². The van der Waals surface area contributed by atoms with Gasteiger partial charge in [-0.3, -0.25) is 13.2 Å². The van der Waals surface area contributed by atoms with Crippen LogP contribution in [0.4, 0.5) is 13.2 Å². The van der Waals surface area contributed by atoms with Gasteiger partial charge < -0.3 is 15.0 Å². The zero-order valence-electron chi connectivity index (χ0n) is 23.7. The van der Waals surface area contributed by atoms with Crippen LogP contribution in [0.25, 0.3) is 33.8 Å². The molecule has 3 heterocycles. The monoisotopic (exact) mass is 751 g/mol. The van der Waals surface area contributed by atoms with Crippen molar-refractivity contribution in [1.29, 1.82) is 0 Å². The molecule has 3 aromatic carbocycles. The minimum absolute atomic E-state index is 0. The van der Waals surface area contributed by atoms with Crippen LogP contribution in [0.2, 0.25) is 0 Å². The van der Waals surface area contributed by atoms with E-state index in [1.165, 1.54) is 18.2 Å². The average Bonchev–Trinajstić information content (AvgIpc) is 3.03. The largest absolute Gasteiger partial charge is 3.00 e. The van der Waals surface area contributed by atoms with Crippen molar-refractivity contribution in [2.75, 3.05) is 0 Å². The quantitative estimate of drug-likeness (QED) is 0.170. The van der Waals surface area contributed by atoms with Crippen LogP contribution < -0.4 is 0 Å². The predicted octanol–water partition coefficient (Wildman–Crippen LogP) is 8.99. The van der Waals surface area contributed by atoms with Gasteiger partial charge in [-0.15, -0.1) is 71.3 Å². The summed E-state index contributed by atoms with van der Waals surface area (Å²) in [5, 5.41) is 0. The van der Waals surface area contributed by atoms with Gasteiger partial charge in [-0.1, -0.05) is 73.9 Å². The molecule has 0 fully saturated rings. The van der Waals surface area contributed by atoms with E-state index in [1.54, 1.807) is 57.6 Å². The first-order valence-corrected chi connectivity index (χ1v) is 13.1. The normalized spacial score (nSPS) is 9.91. The number of hydrogen-bond donors (Lipinski definition) is 0. The Morgan fingerprint density at radius 1 is 0.465 bits per heavy atom. The van der Waals surface area contributed by atoms with E-state index in [4.69, 9.17) is 0 Å². The smallest absolute Gasteiger partial charge is 0.305 e. The third-order valence-electron chi connectivity index (χ3n) is 6.10. The maximum absolute atomic E-state index is 13.0. The summed E-state index contributed by atoms with van der Waals surface area (Å²) in [4.78, 5) is 12.5. The van der Waals surface area contributed by atoms with Gasteiger partial charge in [0.1, 0.15) is 0 Å². The van der Waals surface area contributed by atoms with E-state index >= 15 is 0 Å². The molecule has 0 spiro atoms. The fourth-order valence-electron chi connectivity index (χ4n) is 3.76. The Morgan fingerprint density at radius 2 is 0.744 bits per heavy atom. The Balaban J connectivity index is 0.000000175. The van der Waals surface area contributed by atoms with E-state index in [9.17, 15) is 13.2 Å². The molecular formula is C36H27F3IrN3. The first-order valence-electron chi connectivity index (χ1n) is 13.1. The van der Waals surface area contributed by atoms with Crippen molar-refractivity contribution in [2.45, 2.75) is 20.8 Å². The number of halogens is 3. The van der Waals surface area contributed by atoms with E-state index in [1.807, 2.05) is 54.6 Å². The molecule has 0 amide bonds. The summed E-state index contributed by atoms with van der Waals surface area (Å²) in [6.07, 6.45) is 5.13. The van der Waals surface area contributed by atoms with Gasteiger partial charge in [0.2, 0.25) is 0 Å². The Hall–Kier alpha value is -4.45. The van der Waals surface area contributed by atoms with Gasteiger partial charge >= 0.3 is 20.1 Å². The summed E-state index contributed by atoms with van der Waals surface area (Å²) in [6, 6.07) is 34.7. The molecule has 0 N–H and O–H groups in total. The summed E-state index contributed by atoms with van der Waals surface area (Å²) in [5.74, 6) is -0.695. The molecule has 0 aliphatic heterocycles. The molecule has 0 atom stereocenters. The number of benzene rings is 3. The maximum Gasteiger partial charge on any atom is 3.00 e. The Bertz CT molecular complexity index is 1530. The van der Waals surface area contributed by atoms with Crippen molar-refractivity contribution in [3.8, 4) is 33.8 Å². The molecule has 0 unspecified atom stereocenters. The van der Waals surface area contributed by atoms with Crippen molar-refractivity contribution >= 4 is 0 Å². The fraction of sp³-hybridized carbons (Fsp3) is 0.0833. The second kappa shape index (κ2) is 16.3. The van der Waals surface area contributed by atoms with E-state index in [0.717, 1.165) is 33.8 Å². The number of nitrogens with zero attached hydrogens (tertiary/aromatic N) is 3. The van der Waals surface area contributed by atoms with Crippen LogP contribution >= 0.6 is 0 Å². The third-order valence-corrected chi connectivity index (χ3v) is 6.10. The number of aryl methyl sites for hydroxylation is 3. The fourth-order valence-corrected chi connectivity index (χ4v) is 3.76. The molecule has 3 aromatic heterocycles. The minimum Gasteiger partial charge on any atom is -0.305 e. The van der Waals surface area contributed by atoms with Crippen LogP contribution in [0.5, 0.6) is 0 Å². The van der Waals surface area contributed by atoms with Gasteiger partial charge in [0.15, 0.2) is 0 Å². The predicted molar refractivity (Wildman–Crippen MR) is 160 cm³/mol. The van der Waals surface area contributed by atoms with Gasteiger partial charge in [-0.2, -0.15) is 0 Å². The summed E-state index contributed by atoms with van der Waals surface area (Å²) in [6.45, 7) is 5.20. The van der Waals surface area contributed by atoms with Crippen molar-refractivity contribution in [1.82, 2.24) is 15.0 Å². The molecule has 3 nitrogen and oxygen atoms in total. The Labute approximate surface area is 263 Å². The average molecular weight is 751 g/mol. The van der Waals surface area contributed by atoms with Crippen LogP contribution in [0.1, 0.15) is 16.7 Å². The van der Waals surface area contributed by atoms with E-state index in [2.05, 4.69) is 33.2 Å². The standard InChI is InChI=1S/3C12H9FN.Ir/c3*1-9-8-10(5-6-11(9)13)12-4-2-3-7-14-12;/h3*2-4,6-8H,1H3;/q3*-1;+3. The van der Waals surface area contributed by atoms with Gasteiger partial charge in [-0.05, 0) is 35.3 Å². The van der Waals surface area contributed by atoms with Gasteiger partial charge in [0, 0.05) is 36.0 Å². The van der Waals surface area contributed by atoms with Gasteiger partial charge in [0.05, 0.1) is 0 Å². The SMILES string of the molecule is Cc1cc(-c2ccccn2)[c-]cc1F.Cc1cc(-c2ccccn2)[c-]cc1F.Cc1cc(-c2ccccn2)[c-]cc1F.[Ir+3]. The summed E-state index contributed by atoms with van der Waals surface area (Å²) in [5.41, 5.74) is 6.76. The van der Waals surface area contributed by atoms with Crippen molar-refractivity contribution in [3.63, 3.8) is 0 Å². The first kappa shape index (κ1) is 33.1. The van der Waals surface area contributed by atoms with Crippen LogP contribution in [-0.4, -0.2) is 15.0 Å². The maximum atomic E-state index is 13.0. The summed E-state index contributed by atoms with van der Waals surface area (Å²) >= 11 is 0. The molecular weight excluding hydrogens is 724 g/mol.